The summed E-state index contributed by atoms with van der Waals surface area (Å²) in [6.45, 7) is 3.32. The molecule has 1 aromatic carbocycles. The van der Waals surface area contributed by atoms with Gasteiger partial charge in [-0.25, -0.2) is 0 Å². The summed E-state index contributed by atoms with van der Waals surface area (Å²) in [6.07, 6.45) is 3.12. The van der Waals surface area contributed by atoms with Crippen LogP contribution in [0.4, 0.5) is 0 Å². The molecule has 1 saturated heterocycles. The van der Waals surface area contributed by atoms with E-state index in [0.29, 0.717) is 18.9 Å². The number of halogens is 1. The number of aryl methyl sites for hydroxylation is 1. The van der Waals surface area contributed by atoms with Crippen LogP contribution >= 0.6 is 15.9 Å². The van der Waals surface area contributed by atoms with Gasteiger partial charge in [-0.1, -0.05) is 6.07 Å². The monoisotopic (exact) mass is 353 g/mol. The molecule has 0 aromatic heterocycles. The maximum Gasteiger partial charge on any atom is 0.307 e. The van der Waals surface area contributed by atoms with Crippen molar-refractivity contribution in [2.24, 2.45) is 11.8 Å². The predicted octanol–water partition coefficient (Wildman–Crippen LogP) is 3.28. The molecule has 1 saturated carbocycles. The van der Waals surface area contributed by atoms with E-state index < -0.39 is 5.97 Å². The van der Waals surface area contributed by atoms with Crippen LogP contribution in [0.25, 0.3) is 0 Å². The standard InChI is InChI=1S/C16H20BrNO3/c1-9-4-12(14-6-11(7-18-14)16(19)20)15(13(17)5-9)21-8-10-2-3-10/h4-5,10-11,14,18H,2-3,6-8H2,1H3,(H,19,20). The Kier molecular flexibility index (Phi) is 4.22. The van der Waals surface area contributed by atoms with Gasteiger partial charge in [-0.15, -0.1) is 0 Å². The zero-order chi connectivity index (χ0) is 15.0. The number of ether oxygens (including phenoxy) is 1. The average Bonchev–Trinajstić information content (AvgIpc) is 3.11. The van der Waals surface area contributed by atoms with E-state index in [1.807, 2.05) is 6.92 Å². The van der Waals surface area contributed by atoms with Crippen LogP contribution in [0.5, 0.6) is 5.75 Å². The summed E-state index contributed by atoms with van der Waals surface area (Å²) in [6, 6.07) is 4.21. The van der Waals surface area contributed by atoms with Crippen molar-refractivity contribution in [2.75, 3.05) is 13.2 Å². The van der Waals surface area contributed by atoms with Gasteiger partial charge in [-0.3, -0.25) is 4.79 Å². The van der Waals surface area contributed by atoms with Crippen LogP contribution in [-0.2, 0) is 4.79 Å². The SMILES string of the molecule is Cc1cc(Br)c(OCC2CC2)c(C2CC(C(=O)O)CN2)c1. The van der Waals surface area contributed by atoms with Crippen LogP contribution in [0, 0.1) is 18.8 Å². The average molecular weight is 354 g/mol. The van der Waals surface area contributed by atoms with Gasteiger partial charge in [0.05, 0.1) is 17.0 Å². The molecule has 5 heteroatoms. The van der Waals surface area contributed by atoms with Crippen LogP contribution < -0.4 is 10.1 Å². The van der Waals surface area contributed by atoms with Crippen molar-refractivity contribution in [1.82, 2.24) is 5.32 Å². The van der Waals surface area contributed by atoms with Crippen molar-refractivity contribution < 1.29 is 14.6 Å². The van der Waals surface area contributed by atoms with Gasteiger partial charge in [-0.05, 0) is 59.7 Å². The largest absolute Gasteiger partial charge is 0.492 e. The molecule has 0 radical (unpaired) electrons. The molecule has 0 amide bonds. The number of carboxylic acid groups (broad SMARTS) is 1. The summed E-state index contributed by atoms with van der Waals surface area (Å²) in [7, 11) is 0. The minimum absolute atomic E-state index is 0.0523. The van der Waals surface area contributed by atoms with Crippen molar-refractivity contribution in [3.05, 3.63) is 27.7 Å². The molecule has 21 heavy (non-hydrogen) atoms. The first-order chi connectivity index (χ1) is 10.0. The van der Waals surface area contributed by atoms with Gasteiger partial charge in [0, 0.05) is 18.2 Å². The molecule has 2 N–H and O–H groups in total. The molecular weight excluding hydrogens is 334 g/mol. The maximum absolute atomic E-state index is 11.1. The third-order valence-electron chi connectivity index (χ3n) is 4.23. The maximum atomic E-state index is 11.1. The minimum atomic E-state index is -0.725. The molecule has 4 nitrogen and oxygen atoms in total. The van der Waals surface area contributed by atoms with Crippen LogP contribution in [0.2, 0.25) is 0 Å². The third-order valence-corrected chi connectivity index (χ3v) is 4.82. The fourth-order valence-electron chi connectivity index (χ4n) is 2.81. The highest BCUT2D eigenvalue weighted by molar-refractivity contribution is 9.10. The number of hydrogen-bond donors (Lipinski definition) is 2. The number of carbonyl (C=O) groups is 1. The van der Waals surface area contributed by atoms with Crippen molar-refractivity contribution >= 4 is 21.9 Å². The molecule has 2 atom stereocenters. The smallest absolute Gasteiger partial charge is 0.307 e. The van der Waals surface area contributed by atoms with Gasteiger partial charge < -0.3 is 15.2 Å². The summed E-state index contributed by atoms with van der Waals surface area (Å²) < 4.78 is 6.98. The molecule has 0 bridgehead atoms. The zero-order valence-corrected chi connectivity index (χ0v) is 13.6. The van der Waals surface area contributed by atoms with E-state index >= 15 is 0 Å². The second kappa shape index (κ2) is 5.97. The van der Waals surface area contributed by atoms with Crippen molar-refractivity contribution in [3.63, 3.8) is 0 Å². The lowest BCUT2D eigenvalue weighted by atomic mass is 9.98. The first kappa shape index (κ1) is 14.9. The van der Waals surface area contributed by atoms with Crippen molar-refractivity contribution in [3.8, 4) is 5.75 Å². The van der Waals surface area contributed by atoms with Crippen LogP contribution in [-0.4, -0.2) is 24.2 Å². The first-order valence-corrected chi connectivity index (χ1v) is 8.23. The zero-order valence-electron chi connectivity index (χ0n) is 12.1. The molecule has 1 aliphatic carbocycles. The molecule has 0 spiro atoms. The first-order valence-electron chi connectivity index (χ1n) is 7.43. The quantitative estimate of drug-likeness (QED) is 0.852. The lowest BCUT2D eigenvalue weighted by Crippen LogP contribution is -2.18. The molecule has 2 aliphatic rings. The van der Waals surface area contributed by atoms with Crippen LogP contribution in [0.3, 0.4) is 0 Å². The molecule has 1 aliphatic heterocycles. The van der Waals surface area contributed by atoms with E-state index in [4.69, 9.17) is 9.84 Å². The van der Waals surface area contributed by atoms with E-state index in [2.05, 4.69) is 33.4 Å². The van der Waals surface area contributed by atoms with Crippen LogP contribution in [0.1, 0.15) is 36.4 Å². The summed E-state index contributed by atoms with van der Waals surface area (Å²) in [4.78, 5) is 11.1. The summed E-state index contributed by atoms with van der Waals surface area (Å²) in [5.41, 5.74) is 2.22. The molecule has 2 fully saturated rings. The van der Waals surface area contributed by atoms with Gasteiger partial charge in [0.1, 0.15) is 5.75 Å². The Balaban J connectivity index is 1.83. The van der Waals surface area contributed by atoms with E-state index in [9.17, 15) is 4.79 Å². The highest BCUT2D eigenvalue weighted by Crippen LogP contribution is 2.40. The minimum Gasteiger partial charge on any atom is -0.492 e. The fraction of sp³-hybridized carbons (Fsp3) is 0.562. The second-order valence-corrected chi connectivity index (χ2v) is 7.01. The van der Waals surface area contributed by atoms with Gasteiger partial charge in [0.2, 0.25) is 0 Å². The lowest BCUT2D eigenvalue weighted by Gasteiger charge is -2.19. The number of aliphatic carboxylic acids is 1. The highest BCUT2D eigenvalue weighted by atomic mass is 79.9. The molecule has 114 valence electrons. The Bertz CT molecular complexity index is 557. The highest BCUT2D eigenvalue weighted by Gasteiger charge is 2.32. The Morgan fingerprint density at radius 3 is 2.86 bits per heavy atom. The molecule has 2 unspecified atom stereocenters. The lowest BCUT2D eigenvalue weighted by molar-refractivity contribution is -0.141. The Hall–Kier alpha value is -1.07. The van der Waals surface area contributed by atoms with E-state index in [1.54, 1.807) is 0 Å². The fourth-order valence-corrected chi connectivity index (χ4v) is 3.52. The van der Waals surface area contributed by atoms with Crippen molar-refractivity contribution in [2.45, 2.75) is 32.2 Å². The molecule has 3 rings (SSSR count). The van der Waals surface area contributed by atoms with Gasteiger partial charge in [0.25, 0.3) is 0 Å². The number of hydrogen-bond acceptors (Lipinski definition) is 3. The van der Waals surface area contributed by atoms with Gasteiger partial charge >= 0.3 is 5.97 Å². The summed E-state index contributed by atoms with van der Waals surface area (Å²) >= 11 is 3.59. The van der Waals surface area contributed by atoms with Crippen molar-refractivity contribution in [1.29, 1.82) is 0 Å². The summed E-state index contributed by atoms with van der Waals surface area (Å²) in [5, 5.41) is 12.5. The number of rotatable bonds is 5. The van der Waals surface area contributed by atoms with E-state index in [1.165, 1.54) is 12.8 Å². The normalized spacial score (nSPS) is 25.0. The number of nitrogens with one attached hydrogen (secondary N) is 1. The number of benzene rings is 1. The molecular formula is C16H20BrNO3. The van der Waals surface area contributed by atoms with E-state index in [-0.39, 0.29) is 12.0 Å². The Morgan fingerprint density at radius 1 is 1.48 bits per heavy atom. The predicted molar refractivity (Wildman–Crippen MR) is 83.6 cm³/mol. The van der Waals surface area contributed by atoms with Gasteiger partial charge in [0.15, 0.2) is 0 Å². The topological polar surface area (TPSA) is 58.6 Å². The third kappa shape index (κ3) is 3.40. The summed E-state index contributed by atoms with van der Waals surface area (Å²) in [5.74, 6) is 0.521. The van der Waals surface area contributed by atoms with Gasteiger partial charge in [-0.2, -0.15) is 0 Å². The Morgan fingerprint density at radius 2 is 2.24 bits per heavy atom. The number of carboxylic acids is 1. The second-order valence-electron chi connectivity index (χ2n) is 6.15. The molecule has 1 heterocycles. The van der Waals surface area contributed by atoms with E-state index in [0.717, 1.165) is 28.0 Å². The Labute approximate surface area is 133 Å². The molecule has 1 aromatic rings. The van der Waals surface area contributed by atoms with Crippen LogP contribution in [0.15, 0.2) is 16.6 Å².